The number of aromatic nitrogens is 2. The van der Waals surface area contributed by atoms with Crippen LogP contribution in [0.25, 0.3) is 11.3 Å². The Morgan fingerprint density at radius 3 is 2.52 bits per heavy atom. The van der Waals surface area contributed by atoms with Crippen LogP contribution in [0.1, 0.15) is 31.7 Å². The molecule has 2 heterocycles. The van der Waals surface area contributed by atoms with Crippen LogP contribution in [-0.4, -0.2) is 39.8 Å². The minimum atomic E-state index is 0.0887. The van der Waals surface area contributed by atoms with Crippen LogP contribution in [0.3, 0.4) is 0 Å². The maximum absolute atomic E-state index is 12.8. The maximum atomic E-state index is 12.8. The van der Waals surface area contributed by atoms with Crippen LogP contribution in [0.2, 0.25) is 0 Å². The summed E-state index contributed by atoms with van der Waals surface area (Å²) in [7, 11) is 1.88. The smallest absolute Gasteiger partial charge is 0.223 e. The molecule has 1 saturated heterocycles. The first kappa shape index (κ1) is 21.1. The van der Waals surface area contributed by atoms with Crippen molar-refractivity contribution in [3.05, 3.63) is 66.2 Å². The molecule has 0 N–H and O–H groups in total. The third kappa shape index (κ3) is 4.97. The fourth-order valence-corrected chi connectivity index (χ4v) is 3.95. The fourth-order valence-electron chi connectivity index (χ4n) is 3.95. The number of ether oxygens (including phenoxy) is 2. The second-order valence-electron chi connectivity index (χ2n) is 7.80. The van der Waals surface area contributed by atoms with Gasteiger partial charge in [0.2, 0.25) is 11.8 Å². The summed E-state index contributed by atoms with van der Waals surface area (Å²) >= 11 is 0. The second kappa shape index (κ2) is 9.79. The highest BCUT2D eigenvalue weighted by atomic mass is 16.5. The van der Waals surface area contributed by atoms with Gasteiger partial charge in [-0.1, -0.05) is 55.5 Å². The van der Waals surface area contributed by atoms with E-state index in [1.54, 1.807) is 4.68 Å². The van der Waals surface area contributed by atoms with Crippen LogP contribution in [0, 0.1) is 0 Å². The molecule has 1 fully saturated rings. The third-order valence-corrected chi connectivity index (χ3v) is 5.55. The molecule has 162 valence electrons. The van der Waals surface area contributed by atoms with E-state index in [2.05, 4.69) is 0 Å². The number of rotatable bonds is 8. The summed E-state index contributed by atoms with van der Waals surface area (Å²) in [5.74, 6) is 1.48. The van der Waals surface area contributed by atoms with E-state index in [0.717, 1.165) is 42.0 Å². The number of aryl methyl sites for hydroxylation is 1. The lowest BCUT2D eigenvalue weighted by Gasteiger charge is -2.25. The molecule has 1 unspecified atom stereocenters. The second-order valence-corrected chi connectivity index (χ2v) is 7.80. The Bertz CT molecular complexity index is 996. The number of hydrogen-bond donors (Lipinski definition) is 0. The molecule has 31 heavy (non-hydrogen) atoms. The Balaban J connectivity index is 1.72. The zero-order valence-electron chi connectivity index (χ0n) is 18.2. The highest BCUT2D eigenvalue weighted by molar-refractivity contribution is 5.76. The SMILES string of the molecule is CCC(=O)N(Cc1c(-c2ccccc2)nn(C)c1Oc1ccccc1)CC1CCCO1. The monoisotopic (exact) mass is 419 g/mol. The van der Waals surface area contributed by atoms with Crippen LogP contribution < -0.4 is 4.74 Å². The van der Waals surface area contributed by atoms with Gasteiger partial charge in [-0.25, -0.2) is 4.68 Å². The lowest BCUT2D eigenvalue weighted by molar-refractivity contribution is -0.133. The molecule has 1 aromatic heterocycles. The van der Waals surface area contributed by atoms with Crippen LogP contribution in [0.5, 0.6) is 11.6 Å². The molecule has 1 aliphatic rings. The fraction of sp³-hybridized carbons (Fsp3) is 0.360. The molecule has 0 bridgehead atoms. The predicted molar refractivity (Wildman–Crippen MR) is 120 cm³/mol. The standard InChI is InChI=1S/C25H29N3O3/c1-3-23(29)28(17-21-15-10-16-30-21)18-22-24(19-11-6-4-7-12-19)26-27(2)25(22)31-20-13-8-5-9-14-20/h4-9,11-14,21H,3,10,15-18H2,1-2H3. The van der Waals surface area contributed by atoms with Crippen molar-refractivity contribution in [3.63, 3.8) is 0 Å². The first-order valence-corrected chi connectivity index (χ1v) is 10.9. The van der Waals surface area contributed by atoms with E-state index in [1.165, 1.54) is 0 Å². The van der Waals surface area contributed by atoms with E-state index in [4.69, 9.17) is 14.6 Å². The number of nitrogens with zero attached hydrogens (tertiary/aromatic N) is 3. The van der Waals surface area contributed by atoms with Crippen molar-refractivity contribution in [1.82, 2.24) is 14.7 Å². The van der Waals surface area contributed by atoms with Crippen molar-refractivity contribution in [3.8, 4) is 22.9 Å². The molecule has 6 heteroatoms. The minimum absolute atomic E-state index is 0.0887. The number of carbonyl (C=O) groups is 1. The molecule has 1 atom stereocenters. The Labute approximate surface area is 183 Å². The first-order valence-electron chi connectivity index (χ1n) is 10.9. The zero-order valence-corrected chi connectivity index (χ0v) is 18.2. The number of carbonyl (C=O) groups excluding carboxylic acids is 1. The van der Waals surface area contributed by atoms with Crippen molar-refractivity contribution in [2.24, 2.45) is 7.05 Å². The number of amides is 1. The van der Waals surface area contributed by atoms with Gasteiger partial charge < -0.3 is 14.4 Å². The average Bonchev–Trinajstić information content (AvgIpc) is 3.43. The maximum Gasteiger partial charge on any atom is 0.223 e. The Morgan fingerprint density at radius 2 is 1.87 bits per heavy atom. The van der Waals surface area contributed by atoms with E-state index >= 15 is 0 Å². The van der Waals surface area contributed by atoms with Crippen molar-refractivity contribution in [2.45, 2.75) is 38.8 Å². The van der Waals surface area contributed by atoms with Crippen LogP contribution in [0.15, 0.2) is 60.7 Å². The largest absolute Gasteiger partial charge is 0.439 e. The first-order chi connectivity index (χ1) is 15.2. The Kier molecular flexibility index (Phi) is 6.67. The van der Waals surface area contributed by atoms with Gasteiger partial charge in [-0.15, -0.1) is 0 Å². The molecular weight excluding hydrogens is 390 g/mol. The van der Waals surface area contributed by atoms with Gasteiger partial charge in [0.05, 0.1) is 18.2 Å². The quantitative estimate of drug-likeness (QED) is 0.526. The van der Waals surface area contributed by atoms with E-state index in [1.807, 2.05) is 79.5 Å². The number of benzene rings is 2. The highest BCUT2D eigenvalue weighted by Gasteiger charge is 2.27. The Morgan fingerprint density at radius 1 is 1.16 bits per heavy atom. The molecule has 1 aliphatic heterocycles. The van der Waals surface area contributed by atoms with Crippen LogP contribution >= 0.6 is 0 Å². The van der Waals surface area contributed by atoms with E-state index in [0.29, 0.717) is 25.4 Å². The third-order valence-electron chi connectivity index (χ3n) is 5.55. The lowest BCUT2D eigenvalue weighted by atomic mass is 10.1. The summed E-state index contributed by atoms with van der Waals surface area (Å²) in [6, 6.07) is 19.7. The molecule has 0 radical (unpaired) electrons. The van der Waals surface area contributed by atoms with Crippen molar-refractivity contribution in [1.29, 1.82) is 0 Å². The average molecular weight is 420 g/mol. The van der Waals surface area contributed by atoms with Crippen molar-refractivity contribution >= 4 is 5.91 Å². The van der Waals surface area contributed by atoms with Gasteiger partial charge in [0, 0.05) is 32.2 Å². The summed E-state index contributed by atoms with van der Waals surface area (Å²) in [5, 5.41) is 4.77. The molecule has 6 nitrogen and oxygen atoms in total. The van der Waals surface area contributed by atoms with Gasteiger partial charge in [-0.3, -0.25) is 4.79 Å². The van der Waals surface area contributed by atoms with Gasteiger partial charge in [0.25, 0.3) is 0 Å². The van der Waals surface area contributed by atoms with Gasteiger partial charge in [-0.2, -0.15) is 5.10 Å². The summed E-state index contributed by atoms with van der Waals surface area (Å²) in [6.45, 7) is 3.67. The molecule has 1 amide bonds. The van der Waals surface area contributed by atoms with E-state index in [9.17, 15) is 4.79 Å². The summed E-state index contributed by atoms with van der Waals surface area (Å²) in [5.41, 5.74) is 2.73. The van der Waals surface area contributed by atoms with Gasteiger partial charge in [-0.05, 0) is 25.0 Å². The van der Waals surface area contributed by atoms with E-state index < -0.39 is 0 Å². The van der Waals surface area contributed by atoms with Crippen LogP contribution in [0.4, 0.5) is 0 Å². The number of hydrogen-bond acceptors (Lipinski definition) is 4. The molecule has 2 aromatic carbocycles. The predicted octanol–water partition coefficient (Wildman–Crippen LogP) is 4.80. The minimum Gasteiger partial charge on any atom is -0.439 e. The van der Waals surface area contributed by atoms with Gasteiger partial charge in [0.15, 0.2) is 0 Å². The van der Waals surface area contributed by atoms with E-state index in [-0.39, 0.29) is 12.0 Å². The summed E-state index contributed by atoms with van der Waals surface area (Å²) in [4.78, 5) is 14.7. The highest BCUT2D eigenvalue weighted by Crippen LogP contribution is 2.34. The van der Waals surface area contributed by atoms with Gasteiger partial charge in [0.1, 0.15) is 11.4 Å². The summed E-state index contributed by atoms with van der Waals surface area (Å²) in [6.07, 6.45) is 2.57. The normalized spacial score (nSPS) is 15.7. The molecule has 0 spiro atoms. The molecule has 0 saturated carbocycles. The van der Waals surface area contributed by atoms with Crippen molar-refractivity contribution < 1.29 is 14.3 Å². The van der Waals surface area contributed by atoms with Gasteiger partial charge >= 0.3 is 0 Å². The molecule has 4 rings (SSSR count). The van der Waals surface area contributed by atoms with Crippen LogP contribution in [-0.2, 0) is 23.1 Å². The lowest BCUT2D eigenvalue weighted by Crippen LogP contribution is -2.36. The molecule has 0 aliphatic carbocycles. The molecule has 3 aromatic rings. The summed E-state index contributed by atoms with van der Waals surface area (Å²) < 4.78 is 13.8. The topological polar surface area (TPSA) is 56.6 Å². The molecular formula is C25H29N3O3. The number of para-hydroxylation sites is 1. The van der Waals surface area contributed by atoms with Crippen molar-refractivity contribution in [2.75, 3.05) is 13.2 Å². The zero-order chi connectivity index (χ0) is 21.6. The Hall–Kier alpha value is -3.12.